The standard InChI is InChI=1S/C16H14N4O6/c1-10(21)26-13-7-6-11(14(20(23)24)15(13)25-2)9-18-19-16(22)12-5-3-4-8-17-12/h3-9H,1-2H3,(H,19,22)/b18-9+. The molecule has 0 aliphatic heterocycles. The number of carbonyl (C=O) groups excluding carboxylic acids is 2. The van der Waals surface area contributed by atoms with E-state index in [-0.39, 0.29) is 22.8 Å². The lowest BCUT2D eigenvalue weighted by Crippen LogP contribution is -2.18. The minimum Gasteiger partial charge on any atom is -0.488 e. The average molecular weight is 358 g/mol. The van der Waals surface area contributed by atoms with Gasteiger partial charge in [0.25, 0.3) is 5.91 Å². The van der Waals surface area contributed by atoms with Crippen molar-refractivity contribution in [3.63, 3.8) is 0 Å². The lowest BCUT2D eigenvalue weighted by Gasteiger charge is -2.09. The van der Waals surface area contributed by atoms with Crippen molar-refractivity contribution < 1.29 is 24.0 Å². The number of methoxy groups -OCH3 is 1. The summed E-state index contributed by atoms with van der Waals surface area (Å²) in [6.07, 6.45) is 2.53. The van der Waals surface area contributed by atoms with E-state index < -0.39 is 22.5 Å². The van der Waals surface area contributed by atoms with Gasteiger partial charge in [-0.2, -0.15) is 5.10 Å². The van der Waals surface area contributed by atoms with Gasteiger partial charge in [-0.3, -0.25) is 24.7 Å². The largest absolute Gasteiger partial charge is 0.488 e. The van der Waals surface area contributed by atoms with Crippen LogP contribution in [0.3, 0.4) is 0 Å². The molecule has 0 radical (unpaired) electrons. The van der Waals surface area contributed by atoms with Crippen molar-refractivity contribution in [3.05, 3.63) is 57.9 Å². The summed E-state index contributed by atoms with van der Waals surface area (Å²) in [6.45, 7) is 1.16. The molecule has 0 aliphatic carbocycles. The van der Waals surface area contributed by atoms with E-state index in [9.17, 15) is 19.7 Å². The van der Waals surface area contributed by atoms with Crippen LogP contribution < -0.4 is 14.9 Å². The van der Waals surface area contributed by atoms with Crippen LogP contribution in [-0.2, 0) is 4.79 Å². The quantitative estimate of drug-likeness (QED) is 0.273. The zero-order chi connectivity index (χ0) is 19.1. The van der Waals surface area contributed by atoms with E-state index >= 15 is 0 Å². The first kappa shape index (κ1) is 18.5. The molecular weight excluding hydrogens is 344 g/mol. The van der Waals surface area contributed by atoms with Gasteiger partial charge in [0.2, 0.25) is 5.75 Å². The van der Waals surface area contributed by atoms with Crippen LogP contribution in [0.15, 0.2) is 41.6 Å². The van der Waals surface area contributed by atoms with Crippen LogP contribution in [-0.4, -0.2) is 35.1 Å². The highest BCUT2D eigenvalue weighted by Crippen LogP contribution is 2.39. The van der Waals surface area contributed by atoms with Crippen molar-refractivity contribution in [3.8, 4) is 11.5 Å². The van der Waals surface area contributed by atoms with Gasteiger partial charge >= 0.3 is 11.7 Å². The third kappa shape index (κ3) is 4.38. The lowest BCUT2D eigenvalue weighted by atomic mass is 10.1. The fraction of sp³-hybridized carbons (Fsp3) is 0.125. The van der Waals surface area contributed by atoms with E-state index in [1.807, 2.05) is 0 Å². The number of esters is 1. The Labute approximate surface area is 147 Å². The number of hydrogen-bond acceptors (Lipinski definition) is 8. The Balaban J connectivity index is 2.29. The summed E-state index contributed by atoms with van der Waals surface area (Å²) >= 11 is 0. The molecule has 1 aromatic carbocycles. The maximum absolute atomic E-state index is 11.8. The summed E-state index contributed by atoms with van der Waals surface area (Å²) < 4.78 is 9.89. The summed E-state index contributed by atoms with van der Waals surface area (Å²) in [6, 6.07) is 7.42. The zero-order valence-electron chi connectivity index (χ0n) is 13.8. The number of hydrazone groups is 1. The number of nitrogens with zero attached hydrogens (tertiary/aromatic N) is 3. The van der Waals surface area contributed by atoms with Gasteiger partial charge in [-0.25, -0.2) is 5.43 Å². The van der Waals surface area contributed by atoms with Crippen molar-refractivity contribution in [2.24, 2.45) is 5.10 Å². The molecule has 1 N–H and O–H groups in total. The second-order valence-electron chi connectivity index (χ2n) is 4.80. The first-order valence-electron chi connectivity index (χ1n) is 7.22. The first-order valence-corrected chi connectivity index (χ1v) is 7.22. The maximum Gasteiger partial charge on any atom is 0.323 e. The molecule has 10 heteroatoms. The fourth-order valence-corrected chi connectivity index (χ4v) is 2.01. The van der Waals surface area contributed by atoms with Crippen molar-refractivity contribution in [2.45, 2.75) is 6.92 Å². The molecule has 1 heterocycles. The number of nitro groups is 1. The van der Waals surface area contributed by atoms with Gasteiger partial charge in [-0.05, 0) is 24.3 Å². The highest BCUT2D eigenvalue weighted by Gasteiger charge is 2.25. The third-order valence-electron chi connectivity index (χ3n) is 3.03. The minimum atomic E-state index is -0.701. The number of ether oxygens (including phenoxy) is 2. The second kappa shape index (κ2) is 8.33. The smallest absolute Gasteiger partial charge is 0.323 e. The lowest BCUT2D eigenvalue weighted by molar-refractivity contribution is -0.385. The highest BCUT2D eigenvalue weighted by molar-refractivity contribution is 5.94. The highest BCUT2D eigenvalue weighted by atomic mass is 16.6. The minimum absolute atomic E-state index is 0.0454. The predicted octanol–water partition coefficient (Wildman–Crippen LogP) is 1.69. The van der Waals surface area contributed by atoms with Crippen LogP contribution in [0.2, 0.25) is 0 Å². The molecular formula is C16H14N4O6. The van der Waals surface area contributed by atoms with E-state index in [1.54, 1.807) is 12.1 Å². The Kier molecular flexibility index (Phi) is 5.93. The molecule has 10 nitrogen and oxygen atoms in total. The van der Waals surface area contributed by atoms with Crippen molar-refractivity contribution in [2.75, 3.05) is 7.11 Å². The van der Waals surface area contributed by atoms with Gasteiger partial charge in [-0.1, -0.05) is 6.07 Å². The molecule has 0 saturated heterocycles. The molecule has 0 spiro atoms. The van der Waals surface area contributed by atoms with E-state index in [2.05, 4.69) is 15.5 Å². The van der Waals surface area contributed by atoms with Gasteiger partial charge in [0, 0.05) is 13.1 Å². The summed E-state index contributed by atoms with van der Waals surface area (Å²) in [4.78, 5) is 37.5. The van der Waals surface area contributed by atoms with Crippen LogP contribution in [0, 0.1) is 10.1 Å². The molecule has 2 aromatic rings. The van der Waals surface area contributed by atoms with Gasteiger partial charge in [-0.15, -0.1) is 0 Å². The Hall–Kier alpha value is -3.82. The van der Waals surface area contributed by atoms with E-state index in [0.717, 1.165) is 13.1 Å². The molecule has 2 rings (SSSR count). The summed E-state index contributed by atoms with van der Waals surface area (Å²) in [5, 5.41) is 15.1. The Morgan fingerprint density at radius 1 is 1.31 bits per heavy atom. The topological polar surface area (TPSA) is 133 Å². The normalized spacial score (nSPS) is 10.4. The summed E-state index contributed by atoms with van der Waals surface area (Å²) in [5.74, 6) is -1.55. The number of aromatic nitrogens is 1. The van der Waals surface area contributed by atoms with Crippen molar-refractivity contribution in [1.82, 2.24) is 10.4 Å². The van der Waals surface area contributed by atoms with Crippen LogP contribution >= 0.6 is 0 Å². The number of nitro benzene ring substituents is 1. The number of benzene rings is 1. The Morgan fingerprint density at radius 2 is 2.08 bits per heavy atom. The number of rotatable bonds is 6. The number of hydrogen-bond donors (Lipinski definition) is 1. The number of pyridine rings is 1. The van der Waals surface area contributed by atoms with E-state index in [0.29, 0.717) is 0 Å². The molecule has 26 heavy (non-hydrogen) atoms. The van der Waals surface area contributed by atoms with Crippen molar-refractivity contribution >= 4 is 23.8 Å². The molecule has 0 saturated carbocycles. The van der Waals surface area contributed by atoms with Crippen LogP contribution in [0.25, 0.3) is 0 Å². The molecule has 0 unspecified atom stereocenters. The second-order valence-corrected chi connectivity index (χ2v) is 4.80. The van der Waals surface area contributed by atoms with Crippen LogP contribution in [0.1, 0.15) is 23.0 Å². The molecule has 1 amide bonds. The van der Waals surface area contributed by atoms with Gasteiger partial charge in [0.1, 0.15) is 5.69 Å². The Bertz CT molecular complexity index is 867. The summed E-state index contributed by atoms with van der Waals surface area (Å²) in [5.41, 5.74) is 1.95. The van der Waals surface area contributed by atoms with Crippen LogP contribution in [0.5, 0.6) is 11.5 Å². The molecule has 1 aromatic heterocycles. The molecule has 0 atom stereocenters. The molecule has 0 aliphatic rings. The SMILES string of the molecule is COc1c(OC(C)=O)ccc(/C=N/NC(=O)c2ccccn2)c1[N+](=O)[O-]. The van der Waals surface area contributed by atoms with Gasteiger partial charge < -0.3 is 9.47 Å². The summed E-state index contributed by atoms with van der Waals surface area (Å²) in [7, 11) is 1.21. The van der Waals surface area contributed by atoms with E-state index in [1.165, 1.54) is 31.5 Å². The average Bonchev–Trinajstić information content (AvgIpc) is 2.62. The zero-order valence-corrected chi connectivity index (χ0v) is 13.8. The van der Waals surface area contributed by atoms with Crippen molar-refractivity contribution in [1.29, 1.82) is 0 Å². The number of amides is 1. The Morgan fingerprint density at radius 3 is 2.65 bits per heavy atom. The number of carbonyl (C=O) groups is 2. The molecule has 134 valence electrons. The predicted molar refractivity (Wildman–Crippen MR) is 90.3 cm³/mol. The molecule has 0 bridgehead atoms. The first-order chi connectivity index (χ1) is 12.4. The maximum atomic E-state index is 11.8. The monoisotopic (exact) mass is 358 g/mol. The fourth-order valence-electron chi connectivity index (χ4n) is 2.01. The van der Waals surface area contributed by atoms with E-state index in [4.69, 9.17) is 9.47 Å². The third-order valence-corrected chi connectivity index (χ3v) is 3.03. The van der Waals surface area contributed by atoms with Gasteiger partial charge in [0.05, 0.1) is 23.8 Å². The number of nitrogens with one attached hydrogen (secondary N) is 1. The van der Waals surface area contributed by atoms with Gasteiger partial charge in [0.15, 0.2) is 5.75 Å². The van der Waals surface area contributed by atoms with Crippen LogP contribution in [0.4, 0.5) is 5.69 Å². The molecule has 0 fully saturated rings.